The molecule has 0 fully saturated rings. The van der Waals surface area contributed by atoms with Crippen LogP contribution in [0.1, 0.15) is 29.8 Å². The van der Waals surface area contributed by atoms with Crippen molar-refractivity contribution >= 4 is 11.9 Å². The number of rotatable bonds is 5. The van der Waals surface area contributed by atoms with Gasteiger partial charge >= 0.3 is 5.97 Å². The molecule has 0 saturated carbocycles. The molecule has 1 aromatic carbocycles. The number of carbonyl (C=O) groups excluding carboxylic acids is 1. The number of benzene rings is 1. The quantitative estimate of drug-likeness (QED) is 0.852. The molecule has 5 heteroatoms. The summed E-state index contributed by atoms with van der Waals surface area (Å²) in [5, 5.41) is 18.2. The molecular formula is C14H19NO4. The maximum Gasteiger partial charge on any atom is 0.323 e. The topological polar surface area (TPSA) is 77.8 Å². The maximum atomic E-state index is 12.3. The van der Waals surface area contributed by atoms with Gasteiger partial charge in [-0.1, -0.05) is 13.8 Å². The van der Waals surface area contributed by atoms with Crippen molar-refractivity contribution < 1.29 is 19.8 Å². The number of amides is 1. The molecule has 0 aliphatic carbocycles. The van der Waals surface area contributed by atoms with Crippen LogP contribution in [-0.2, 0) is 4.79 Å². The highest BCUT2D eigenvalue weighted by Crippen LogP contribution is 2.18. The molecule has 1 aromatic rings. The zero-order valence-electron chi connectivity index (χ0n) is 11.4. The fourth-order valence-corrected chi connectivity index (χ4v) is 1.88. The van der Waals surface area contributed by atoms with Crippen LogP contribution < -0.4 is 0 Å². The first-order chi connectivity index (χ1) is 8.81. The fourth-order valence-electron chi connectivity index (χ4n) is 1.88. The van der Waals surface area contributed by atoms with Gasteiger partial charge in [0, 0.05) is 12.1 Å². The largest absolute Gasteiger partial charge is 0.508 e. The lowest BCUT2D eigenvalue weighted by Crippen LogP contribution is -2.38. The molecule has 19 heavy (non-hydrogen) atoms. The summed E-state index contributed by atoms with van der Waals surface area (Å²) in [7, 11) is 0. The molecule has 5 nitrogen and oxygen atoms in total. The number of carboxylic acids is 1. The molecule has 0 aliphatic rings. The van der Waals surface area contributed by atoms with Crippen LogP contribution in [-0.4, -0.2) is 40.1 Å². The third-order valence-electron chi connectivity index (χ3n) is 2.64. The highest BCUT2D eigenvalue weighted by Gasteiger charge is 2.20. The lowest BCUT2D eigenvalue weighted by atomic mass is 10.1. The third kappa shape index (κ3) is 4.28. The van der Waals surface area contributed by atoms with Gasteiger partial charge in [0.25, 0.3) is 5.91 Å². The number of aromatic hydroxyl groups is 1. The molecule has 104 valence electrons. The smallest absolute Gasteiger partial charge is 0.323 e. The van der Waals surface area contributed by atoms with Crippen LogP contribution in [0.15, 0.2) is 18.2 Å². The van der Waals surface area contributed by atoms with Crippen molar-refractivity contribution in [2.45, 2.75) is 20.8 Å². The Hall–Kier alpha value is -2.04. The number of carbonyl (C=O) groups is 2. The van der Waals surface area contributed by atoms with Crippen LogP contribution in [0.3, 0.4) is 0 Å². The van der Waals surface area contributed by atoms with E-state index in [4.69, 9.17) is 5.11 Å². The number of carboxylic acid groups (broad SMARTS) is 1. The minimum atomic E-state index is -1.04. The molecule has 2 N–H and O–H groups in total. The van der Waals surface area contributed by atoms with E-state index < -0.39 is 5.97 Å². The van der Waals surface area contributed by atoms with Gasteiger partial charge < -0.3 is 15.1 Å². The van der Waals surface area contributed by atoms with Crippen molar-refractivity contribution in [1.29, 1.82) is 0 Å². The summed E-state index contributed by atoms with van der Waals surface area (Å²) in [6.07, 6.45) is 0. The van der Waals surface area contributed by atoms with E-state index in [1.165, 1.54) is 23.1 Å². The van der Waals surface area contributed by atoms with Crippen molar-refractivity contribution in [3.05, 3.63) is 29.3 Å². The predicted octanol–water partition coefficient (Wildman–Crippen LogP) is 1.88. The Kier molecular flexibility index (Phi) is 4.92. The molecule has 0 heterocycles. The van der Waals surface area contributed by atoms with Crippen LogP contribution >= 0.6 is 0 Å². The minimum absolute atomic E-state index is 0.0858. The van der Waals surface area contributed by atoms with Gasteiger partial charge in [-0.2, -0.15) is 0 Å². The molecule has 0 radical (unpaired) electrons. The lowest BCUT2D eigenvalue weighted by molar-refractivity contribution is -0.137. The SMILES string of the molecule is Cc1cc(O)ccc1C(=O)N(CC(=O)O)CC(C)C. The number of hydrogen-bond acceptors (Lipinski definition) is 3. The lowest BCUT2D eigenvalue weighted by Gasteiger charge is -2.23. The van der Waals surface area contributed by atoms with Crippen LogP contribution in [0.25, 0.3) is 0 Å². The van der Waals surface area contributed by atoms with Gasteiger partial charge in [0.1, 0.15) is 12.3 Å². The summed E-state index contributed by atoms with van der Waals surface area (Å²) >= 11 is 0. The Labute approximate surface area is 112 Å². The summed E-state index contributed by atoms with van der Waals surface area (Å²) in [6, 6.07) is 4.43. The van der Waals surface area contributed by atoms with Gasteiger partial charge in [0.2, 0.25) is 0 Å². The van der Waals surface area contributed by atoms with Gasteiger partial charge in [0.15, 0.2) is 0 Å². The normalized spacial score (nSPS) is 10.5. The van der Waals surface area contributed by atoms with E-state index >= 15 is 0 Å². The van der Waals surface area contributed by atoms with Crippen molar-refractivity contribution in [3.63, 3.8) is 0 Å². The molecule has 0 atom stereocenters. The molecule has 0 spiro atoms. The van der Waals surface area contributed by atoms with Gasteiger partial charge in [-0.05, 0) is 36.6 Å². The second kappa shape index (κ2) is 6.22. The summed E-state index contributed by atoms with van der Waals surface area (Å²) in [5.41, 5.74) is 1.05. The number of phenolic OH excluding ortho intramolecular Hbond substituents is 1. The highest BCUT2D eigenvalue weighted by molar-refractivity contribution is 5.97. The zero-order valence-corrected chi connectivity index (χ0v) is 11.4. The van der Waals surface area contributed by atoms with E-state index in [1.807, 2.05) is 13.8 Å². The van der Waals surface area contributed by atoms with E-state index in [-0.39, 0.29) is 24.1 Å². The van der Waals surface area contributed by atoms with E-state index in [1.54, 1.807) is 6.92 Å². The zero-order chi connectivity index (χ0) is 14.6. The molecule has 0 bridgehead atoms. The van der Waals surface area contributed by atoms with Gasteiger partial charge in [-0.15, -0.1) is 0 Å². The number of aryl methyl sites for hydroxylation is 1. The molecule has 0 unspecified atom stereocenters. The predicted molar refractivity (Wildman–Crippen MR) is 71.2 cm³/mol. The van der Waals surface area contributed by atoms with Crippen LogP contribution in [0.5, 0.6) is 5.75 Å². The Balaban J connectivity index is 3.00. The van der Waals surface area contributed by atoms with Crippen LogP contribution in [0.4, 0.5) is 0 Å². The fraction of sp³-hybridized carbons (Fsp3) is 0.429. The Morgan fingerprint density at radius 2 is 1.95 bits per heavy atom. The first kappa shape index (κ1) is 15.0. The van der Waals surface area contributed by atoms with Crippen molar-refractivity contribution in [2.24, 2.45) is 5.92 Å². The van der Waals surface area contributed by atoms with Crippen LogP contribution in [0, 0.1) is 12.8 Å². The Morgan fingerprint density at radius 1 is 1.32 bits per heavy atom. The number of hydrogen-bond donors (Lipinski definition) is 2. The van der Waals surface area contributed by atoms with E-state index in [2.05, 4.69) is 0 Å². The summed E-state index contributed by atoms with van der Waals surface area (Å²) in [5.74, 6) is -1.09. The average molecular weight is 265 g/mol. The van der Waals surface area contributed by atoms with Gasteiger partial charge in [-0.3, -0.25) is 9.59 Å². The van der Waals surface area contributed by atoms with Crippen molar-refractivity contribution in [3.8, 4) is 5.75 Å². The average Bonchev–Trinajstić information content (AvgIpc) is 2.26. The number of aliphatic carboxylic acids is 1. The monoisotopic (exact) mass is 265 g/mol. The Morgan fingerprint density at radius 3 is 2.42 bits per heavy atom. The highest BCUT2D eigenvalue weighted by atomic mass is 16.4. The van der Waals surface area contributed by atoms with E-state index in [0.717, 1.165) is 0 Å². The first-order valence-corrected chi connectivity index (χ1v) is 6.12. The molecule has 0 saturated heterocycles. The van der Waals surface area contributed by atoms with E-state index in [9.17, 15) is 14.7 Å². The van der Waals surface area contributed by atoms with Gasteiger partial charge in [-0.25, -0.2) is 0 Å². The summed E-state index contributed by atoms with van der Waals surface area (Å²) < 4.78 is 0. The molecule has 0 aliphatic heterocycles. The Bertz CT molecular complexity index is 482. The number of nitrogens with zero attached hydrogens (tertiary/aromatic N) is 1. The third-order valence-corrected chi connectivity index (χ3v) is 2.64. The minimum Gasteiger partial charge on any atom is -0.508 e. The molecule has 1 rings (SSSR count). The number of phenols is 1. The standard InChI is InChI=1S/C14H19NO4/c1-9(2)7-15(8-13(17)18)14(19)12-5-4-11(16)6-10(12)3/h4-6,9,16H,7-8H2,1-3H3,(H,17,18). The van der Waals surface area contributed by atoms with Crippen molar-refractivity contribution in [1.82, 2.24) is 4.90 Å². The second-order valence-corrected chi connectivity index (χ2v) is 4.97. The van der Waals surface area contributed by atoms with Crippen LogP contribution in [0.2, 0.25) is 0 Å². The molecule has 1 amide bonds. The van der Waals surface area contributed by atoms with Gasteiger partial charge in [0.05, 0.1) is 0 Å². The maximum absolute atomic E-state index is 12.3. The van der Waals surface area contributed by atoms with Crippen molar-refractivity contribution in [2.75, 3.05) is 13.1 Å². The molecule has 0 aromatic heterocycles. The summed E-state index contributed by atoms with van der Waals surface area (Å²) in [4.78, 5) is 24.5. The first-order valence-electron chi connectivity index (χ1n) is 6.12. The summed E-state index contributed by atoms with van der Waals surface area (Å²) in [6.45, 7) is 5.61. The molecular weight excluding hydrogens is 246 g/mol. The second-order valence-electron chi connectivity index (χ2n) is 4.97. The van der Waals surface area contributed by atoms with E-state index in [0.29, 0.717) is 17.7 Å².